The van der Waals surface area contributed by atoms with Gasteiger partial charge in [-0.05, 0) is 71.8 Å². The van der Waals surface area contributed by atoms with Crippen molar-refractivity contribution in [1.29, 1.82) is 0 Å². The molecule has 42 heavy (non-hydrogen) atoms. The second-order valence-electron chi connectivity index (χ2n) is 10.3. The lowest BCUT2D eigenvalue weighted by atomic mass is 9.94. The molecule has 3 aromatic rings. The zero-order chi connectivity index (χ0) is 29.8. The van der Waals surface area contributed by atoms with Crippen LogP contribution in [0.1, 0.15) is 17.5 Å². The number of anilines is 1. The molecule has 0 aliphatic carbocycles. The molecule has 0 radical (unpaired) electrons. The summed E-state index contributed by atoms with van der Waals surface area (Å²) < 4.78 is 67.8. The first-order valence-electron chi connectivity index (χ1n) is 13.5. The largest absolute Gasteiger partial charge is 0.369 e. The van der Waals surface area contributed by atoms with Crippen molar-refractivity contribution < 1.29 is 31.5 Å². The molecule has 0 bridgehead atoms. The van der Waals surface area contributed by atoms with Gasteiger partial charge in [0, 0.05) is 69.1 Å². The van der Waals surface area contributed by atoms with Gasteiger partial charge in [0.25, 0.3) is 0 Å². The molecule has 5 rings (SSSR count). The lowest BCUT2D eigenvalue weighted by molar-refractivity contribution is -0.131. The van der Waals surface area contributed by atoms with Gasteiger partial charge < -0.3 is 9.80 Å². The maximum absolute atomic E-state index is 13.8. The van der Waals surface area contributed by atoms with Crippen LogP contribution in [0, 0.1) is 29.1 Å². The Labute approximate surface area is 240 Å². The first-order chi connectivity index (χ1) is 20.2. The Kier molecular flexibility index (Phi) is 8.82. The summed E-state index contributed by atoms with van der Waals surface area (Å²) in [4.78, 5) is 32.5. The topological polar surface area (TPSA) is 43.9 Å². The molecule has 2 aliphatic rings. The Morgan fingerprint density at radius 1 is 0.690 bits per heavy atom. The van der Waals surface area contributed by atoms with Gasteiger partial charge >= 0.3 is 0 Å². The fourth-order valence-electron chi connectivity index (χ4n) is 5.12. The number of piperazine rings is 1. The molecule has 218 valence electrons. The summed E-state index contributed by atoms with van der Waals surface area (Å²) in [6.07, 6.45) is 2.98. The van der Waals surface area contributed by atoms with E-state index in [2.05, 4.69) is 9.80 Å². The maximum Gasteiger partial charge on any atom is 0.224 e. The molecule has 0 saturated carbocycles. The van der Waals surface area contributed by atoms with E-state index in [0.717, 1.165) is 43.0 Å². The number of likely N-dealkylation sites (tertiary alicyclic amines) is 1. The number of hydrogen-bond donors (Lipinski definition) is 0. The van der Waals surface area contributed by atoms with E-state index in [1.165, 1.54) is 41.3 Å². The average molecular weight is 582 g/mol. The Balaban J connectivity index is 1.29. The van der Waals surface area contributed by atoms with Crippen LogP contribution in [0.15, 0.2) is 71.8 Å². The summed E-state index contributed by atoms with van der Waals surface area (Å²) in [7, 11) is 0. The lowest BCUT2D eigenvalue weighted by Crippen LogP contribution is -2.48. The van der Waals surface area contributed by atoms with Gasteiger partial charge in [0.1, 0.15) is 5.82 Å². The highest BCUT2D eigenvalue weighted by molar-refractivity contribution is 6.15. The number of carbonyl (C=O) groups is 2. The number of halogens is 5. The molecule has 2 heterocycles. The molecular weight excluding hydrogens is 553 g/mol. The molecule has 3 aromatic carbocycles. The van der Waals surface area contributed by atoms with E-state index in [1.54, 1.807) is 12.1 Å². The number of piperidine rings is 1. The van der Waals surface area contributed by atoms with E-state index < -0.39 is 29.1 Å². The predicted molar refractivity (Wildman–Crippen MR) is 150 cm³/mol. The molecule has 0 N–H and O–H groups in total. The highest BCUT2D eigenvalue weighted by atomic mass is 19.2. The third-order valence-corrected chi connectivity index (χ3v) is 7.43. The van der Waals surface area contributed by atoms with Gasteiger partial charge in [-0.1, -0.05) is 12.1 Å². The van der Waals surface area contributed by atoms with Gasteiger partial charge in [0.05, 0.1) is 0 Å². The molecule has 2 fully saturated rings. The van der Waals surface area contributed by atoms with Gasteiger partial charge in [-0.3, -0.25) is 14.5 Å². The van der Waals surface area contributed by atoms with Crippen molar-refractivity contribution in [2.75, 3.05) is 50.7 Å². The second kappa shape index (κ2) is 12.7. The molecule has 0 aromatic heterocycles. The number of carbonyl (C=O) groups excluding carboxylic acids is 2. The van der Waals surface area contributed by atoms with E-state index in [4.69, 9.17) is 0 Å². The fraction of sp³-hybridized carbons (Fsp3) is 0.250. The average Bonchev–Trinajstić information content (AvgIpc) is 2.98. The van der Waals surface area contributed by atoms with Crippen molar-refractivity contribution in [2.45, 2.75) is 6.42 Å². The molecule has 1 amide bonds. The number of amides is 1. The number of hydrogen-bond acceptors (Lipinski definition) is 4. The van der Waals surface area contributed by atoms with Crippen molar-refractivity contribution in [3.8, 4) is 0 Å². The number of rotatable bonds is 6. The normalized spacial score (nSPS) is 18.3. The van der Waals surface area contributed by atoms with E-state index in [1.807, 2.05) is 0 Å². The monoisotopic (exact) mass is 581 g/mol. The Morgan fingerprint density at radius 2 is 1.21 bits per heavy atom. The smallest absolute Gasteiger partial charge is 0.224 e. The maximum atomic E-state index is 13.8. The molecule has 5 nitrogen and oxygen atoms in total. The molecule has 0 unspecified atom stereocenters. The molecule has 0 atom stereocenters. The van der Waals surface area contributed by atoms with Crippen molar-refractivity contribution in [2.24, 2.45) is 0 Å². The zero-order valence-electron chi connectivity index (χ0n) is 22.6. The number of benzene rings is 3. The van der Waals surface area contributed by atoms with Gasteiger partial charge in [-0.25, -0.2) is 22.0 Å². The predicted octanol–water partition coefficient (Wildman–Crippen LogP) is 5.47. The zero-order valence-corrected chi connectivity index (χ0v) is 22.6. The van der Waals surface area contributed by atoms with Crippen molar-refractivity contribution in [3.63, 3.8) is 0 Å². The van der Waals surface area contributed by atoms with Crippen LogP contribution >= 0.6 is 0 Å². The molecule has 2 aliphatic heterocycles. The summed E-state index contributed by atoms with van der Waals surface area (Å²) >= 11 is 0. The third-order valence-electron chi connectivity index (χ3n) is 7.43. The molecule has 10 heteroatoms. The minimum atomic E-state index is -1.07. The highest BCUT2D eigenvalue weighted by Gasteiger charge is 2.29. The number of Topliss-reactive ketones (excluding diaryl/α,β-unsaturated/α-hetero) is 1. The quantitative estimate of drug-likeness (QED) is 0.286. The summed E-state index contributed by atoms with van der Waals surface area (Å²) in [6.45, 7) is 3.29. The fourth-order valence-corrected chi connectivity index (χ4v) is 5.12. The first-order valence-corrected chi connectivity index (χ1v) is 13.5. The lowest BCUT2D eigenvalue weighted by Gasteiger charge is -2.36. The van der Waals surface area contributed by atoms with Crippen molar-refractivity contribution in [1.82, 2.24) is 9.80 Å². The second-order valence-corrected chi connectivity index (χ2v) is 10.3. The van der Waals surface area contributed by atoms with Crippen LogP contribution in [-0.2, 0) is 9.59 Å². The first kappa shape index (κ1) is 29.2. The van der Waals surface area contributed by atoms with Crippen LogP contribution in [0.2, 0.25) is 0 Å². The van der Waals surface area contributed by atoms with Gasteiger partial charge in [-0.15, -0.1) is 0 Å². The van der Waals surface area contributed by atoms with Crippen LogP contribution in [0.25, 0.3) is 12.2 Å². The van der Waals surface area contributed by atoms with Crippen LogP contribution in [-0.4, -0.2) is 67.3 Å². The number of nitrogens with zero attached hydrogens (tertiary/aromatic N) is 3. The van der Waals surface area contributed by atoms with Crippen molar-refractivity contribution >= 4 is 29.5 Å². The van der Waals surface area contributed by atoms with E-state index in [-0.39, 0.29) is 53.5 Å². The third kappa shape index (κ3) is 6.94. The Bertz CT molecular complexity index is 1470. The van der Waals surface area contributed by atoms with Gasteiger partial charge in [0.15, 0.2) is 29.1 Å². The van der Waals surface area contributed by atoms with Gasteiger partial charge in [-0.2, -0.15) is 0 Å². The van der Waals surface area contributed by atoms with Crippen LogP contribution in [0.4, 0.5) is 27.6 Å². The van der Waals surface area contributed by atoms with Crippen LogP contribution in [0.5, 0.6) is 0 Å². The Morgan fingerprint density at radius 3 is 1.71 bits per heavy atom. The van der Waals surface area contributed by atoms with Gasteiger partial charge in [0.2, 0.25) is 5.91 Å². The summed E-state index contributed by atoms with van der Waals surface area (Å²) in [5, 5.41) is 0. The Hall–Kier alpha value is -4.31. The summed E-state index contributed by atoms with van der Waals surface area (Å²) in [5.74, 6) is -5.12. The standard InChI is InChI=1S/C32H28F5N3O2/c33-25-3-5-26(6-4-25)39-13-11-38(12-14-39)10-9-31(41)40-19-23(15-21-1-7-27(34)29(36)17-21)32(42)24(20-40)16-22-2-8-28(35)30(37)18-22/h1-8,15-18H,9-14,19-20H2/b23-15+,24-16+. The summed E-state index contributed by atoms with van der Waals surface area (Å²) in [5.41, 5.74) is 1.80. The SMILES string of the molecule is O=C1/C(=C/c2ccc(F)c(F)c2)CN(C(=O)CCN2CCN(c3ccc(F)cc3)CC2)C/C1=C\c1ccc(F)c(F)c1. The van der Waals surface area contributed by atoms with Crippen LogP contribution in [0.3, 0.4) is 0 Å². The van der Waals surface area contributed by atoms with Crippen molar-refractivity contribution in [3.05, 3.63) is 112 Å². The highest BCUT2D eigenvalue weighted by Crippen LogP contribution is 2.24. The minimum absolute atomic E-state index is 0.0376. The van der Waals surface area contributed by atoms with E-state index >= 15 is 0 Å². The molecule has 2 saturated heterocycles. The molecular formula is C32H28F5N3O2. The van der Waals surface area contributed by atoms with E-state index in [9.17, 15) is 31.5 Å². The minimum Gasteiger partial charge on any atom is -0.369 e. The number of ketones is 1. The van der Waals surface area contributed by atoms with Crippen LogP contribution < -0.4 is 4.90 Å². The summed E-state index contributed by atoms with van der Waals surface area (Å²) in [6, 6.07) is 12.8. The van der Waals surface area contributed by atoms with E-state index in [0.29, 0.717) is 19.6 Å². The molecule has 0 spiro atoms.